The summed E-state index contributed by atoms with van der Waals surface area (Å²) in [6.07, 6.45) is 2.64. The van der Waals surface area contributed by atoms with Crippen LogP contribution in [0.15, 0.2) is 27.7 Å². The van der Waals surface area contributed by atoms with E-state index in [1.54, 1.807) is 6.20 Å². The average molecular weight is 252 g/mol. The van der Waals surface area contributed by atoms with Gasteiger partial charge in [0.15, 0.2) is 4.34 Å². The average Bonchev–Trinajstić information content (AvgIpc) is 2.77. The van der Waals surface area contributed by atoms with Crippen molar-refractivity contribution in [3.8, 4) is 0 Å². The molecule has 0 aliphatic carbocycles. The maximum atomic E-state index is 5.58. The molecule has 2 heterocycles. The quantitative estimate of drug-likeness (QED) is 0.902. The molecule has 2 N–H and O–H groups in total. The molecule has 0 radical (unpaired) electrons. The minimum absolute atomic E-state index is 0.534. The van der Waals surface area contributed by atoms with Crippen molar-refractivity contribution in [2.45, 2.75) is 29.3 Å². The van der Waals surface area contributed by atoms with E-state index >= 15 is 0 Å². The standard InChI is InChI=1S/C10H12N4S2/c1-2-8-13-10(16-14-8)15-9-5-7(6-11)3-4-12-9/h3-5H,2,6,11H2,1H3. The Balaban J connectivity index is 2.13. The van der Waals surface area contributed by atoms with Gasteiger partial charge in [-0.1, -0.05) is 6.92 Å². The smallest absolute Gasteiger partial charge is 0.176 e. The lowest BCUT2D eigenvalue weighted by Gasteiger charge is -1.99. The Morgan fingerprint density at radius 3 is 3.06 bits per heavy atom. The van der Waals surface area contributed by atoms with E-state index in [2.05, 4.69) is 14.3 Å². The van der Waals surface area contributed by atoms with Crippen molar-refractivity contribution >= 4 is 23.3 Å². The highest BCUT2D eigenvalue weighted by Crippen LogP contribution is 2.27. The Morgan fingerprint density at radius 2 is 2.38 bits per heavy atom. The molecule has 0 saturated heterocycles. The lowest BCUT2D eigenvalue weighted by Crippen LogP contribution is -1.96. The van der Waals surface area contributed by atoms with Crippen LogP contribution in [0.4, 0.5) is 0 Å². The molecule has 4 nitrogen and oxygen atoms in total. The summed E-state index contributed by atoms with van der Waals surface area (Å²) in [5.74, 6) is 0.891. The van der Waals surface area contributed by atoms with Crippen molar-refractivity contribution in [3.63, 3.8) is 0 Å². The lowest BCUT2D eigenvalue weighted by molar-refractivity contribution is 0.968. The van der Waals surface area contributed by atoms with Crippen LogP contribution in [-0.4, -0.2) is 14.3 Å². The summed E-state index contributed by atoms with van der Waals surface area (Å²) < 4.78 is 5.16. The maximum Gasteiger partial charge on any atom is 0.176 e. The van der Waals surface area contributed by atoms with Gasteiger partial charge in [0.25, 0.3) is 0 Å². The molecule has 2 rings (SSSR count). The van der Waals surface area contributed by atoms with Crippen LogP contribution in [-0.2, 0) is 13.0 Å². The fraction of sp³-hybridized carbons (Fsp3) is 0.300. The highest BCUT2D eigenvalue weighted by Gasteiger charge is 2.05. The van der Waals surface area contributed by atoms with E-state index < -0.39 is 0 Å². The van der Waals surface area contributed by atoms with E-state index in [-0.39, 0.29) is 0 Å². The molecule has 0 unspecified atom stereocenters. The highest BCUT2D eigenvalue weighted by atomic mass is 32.2. The number of nitrogens with zero attached hydrogens (tertiary/aromatic N) is 3. The number of nitrogens with two attached hydrogens (primary N) is 1. The van der Waals surface area contributed by atoms with Gasteiger partial charge >= 0.3 is 0 Å². The van der Waals surface area contributed by atoms with E-state index in [0.29, 0.717) is 6.54 Å². The molecule has 0 atom stereocenters. The monoisotopic (exact) mass is 252 g/mol. The zero-order chi connectivity index (χ0) is 11.4. The van der Waals surface area contributed by atoms with Crippen LogP contribution in [0.25, 0.3) is 0 Å². The molecular weight excluding hydrogens is 240 g/mol. The summed E-state index contributed by atoms with van der Waals surface area (Å²) in [5.41, 5.74) is 6.66. The molecule has 2 aromatic heterocycles. The second kappa shape index (κ2) is 5.38. The molecule has 0 saturated carbocycles. The van der Waals surface area contributed by atoms with Crippen molar-refractivity contribution < 1.29 is 0 Å². The Labute approximate surface area is 102 Å². The van der Waals surface area contributed by atoms with Gasteiger partial charge in [0.2, 0.25) is 0 Å². The molecule has 0 bridgehead atoms. The Hall–Kier alpha value is -0.980. The fourth-order valence-electron chi connectivity index (χ4n) is 1.15. The topological polar surface area (TPSA) is 64.7 Å². The summed E-state index contributed by atoms with van der Waals surface area (Å²) in [6, 6.07) is 3.90. The van der Waals surface area contributed by atoms with Gasteiger partial charge in [-0.25, -0.2) is 9.97 Å². The lowest BCUT2D eigenvalue weighted by atomic mass is 10.3. The molecule has 84 valence electrons. The number of hydrogen-bond donors (Lipinski definition) is 1. The van der Waals surface area contributed by atoms with Crippen LogP contribution in [0.3, 0.4) is 0 Å². The number of aryl methyl sites for hydroxylation is 1. The van der Waals surface area contributed by atoms with Gasteiger partial charge in [0.1, 0.15) is 10.9 Å². The fourth-order valence-corrected chi connectivity index (χ4v) is 2.82. The molecule has 0 amide bonds. The van der Waals surface area contributed by atoms with E-state index in [1.165, 1.54) is 23.3 Å². The van der Waals surface area contributed by atoms with Gasteiger partial charge in [-0.05, 0) is 41.0 Å². The Morgan fingerprint density at radius 1 is 1.50 bits per heavy atom. The van der Waals surface area contributed by atoms with Crippen LogP contribution in [0.2, 0.25) is 0 Å². The van der Waals surface area contributed by atoms with Crippen molar-refractivity contribution in [1.82, 2.24) is 14.3 Å². The van der Waals surface area contributed by atoms with Crippen LogP contribution in [0, 0.1) is 0 Å². The summed E-state index contributed by atoms with van der Waals surface area (Å²) >= 11 is 2.94. The number of pyridine rings is 1. The first-order chi connectivity index (χ1) is 7.81. The molecule has 2 aromatic rings. The summed E-state index contributed by atoms with van der Waals surface area (Å²) in [7, 11) is 0. The van der Waals surface area contributed by atoms with Crippen molar-refractivity contribution in [2.75, 3.05) is 0 Å². The van der Waals surface area contributed by atoms with Crippen molar-refractivity contribution in [3.05, 3.63) is 29.7 Å². The molecule has 0 fully saturated rings. The second-order valence-electron chi connectivity index (χ2n) is 3.14. The molecule has 6 heteroatoms. The zero-order valence-electron chi connectivity index (χ0n) is 8.88. The third kappa shape index (κ3) is 2.78. The van der Waals surface area contributed by atoms with Gasteiger partial charge in [-0.3, -0.25) is 0 Å². The van der Waals surface area contributed by atoms with E-state index in [1.807, 2.05) is 19.1 Å². The highest BCUT2D eigenvalue weighted by molar-refractivity contribution is 8.00. The Kier molecular flexibility index (Phi) is 3.87. The van der Waals surface area contributed by atoms with E-state index in [4.69, 9.17) is 5.73 Å². The first kappa shape index (κ1) is 11.5. The normalized spacial score (nSPS) is 10.6. The van der Waals surface area contributed by atoms with Crippen LogP contribution >= 0.6 is 23.3 Å². The number of aromatic nitrogens is 3. The van der Waals surface area contributed by atoms with Crippen molar-refractivity contribution in [2.24, 2.45) is 5.73 Å². The minimum Gasteiger partial charge on any atom is -0.326 e. The molecule has 0 aliphatic rings. The largest absolute Gasteiger partial charge is 0.326 e. The first-order valence-corrected chi connectivity index (χ1v) is 6.56. The van der Waals surface area contributed by atoms with E-state index in [0.717, 1.165) is 27.2 Å². The van der Waals surface area contributed by atoms with Gasteiger partial charge in [-0.15, -0.1) is 0 Å². The molecule has 0 aromatic carbocycles. The predicted octanol–water partition coefficient (Wildman–Crippen LogP) is 2.11. The van der Waals surface area contributed by atoms with Crippen LogP contribution in [0.5, 0.6) is 0 Å². The first-order valence-electron chi connectivity index (χ1n) is 4.97. The SMILES string of the molecule is CCc1nsc(Sc2cc(CN)ccn2)n1. The number of rotatable bonds is 4. The summed E-state index contributed by atoms with van der Waals surface area (Å²) in [5, 5.41) is 0.918. The Bertz CT molecular complexity index is 469. The molecule has 16 heavy (non-hydrogen) atoms. The predicted molar refractivity (Wildman–Crippen MR) is 65.5 cm³/mol. The molecule has 0 spiro atoms. The third-order valence-electron chi connectivity index (χ3n) is 1.99. The summed E-state index contributed by atoms with van der Waals surface area (Å²) in [6.45, 7) is 2.58. The number of hydrogen-bond acceptors (Lipinski definition) is 6. The van der Waals surface area contributed by atoms with Crippen LogP contribution in [0.1, 0.15) is 18.3 Å². The molecule has 0 aliphatic heterocycles. The maximum absolute atomic E-state index is 5.58. The van der Waals surface area contributed by atoms with Gasteiger partial charge in [-0.2, -0.15) is 4.37 Å². The van der Waals surface area contributed by atoms with Crippen LogP contribution < -0.4 is 5.73 Å². The van der Waals surface area contributed by atoms with E-state index in [9.17, 15) is 0 Å². The van der Waals surface area contributed by atoms with Crippen molar-refractivity contribution in [1.29, 1.82) is 0 Å². The molecular formula is C10H12N4S2. The zero-order valence-corrected chi connectivity index (χ0v) is 10.5. The van der Waals surface area contributed by atoms with Gasteiger partial charge < -0.3 is 5.73 Å². The van der Waals surface area contributed by atoms with Gasteiger partial charge in [0.05, 0.1) is 0 Å². The van der Waals surface area contributed by atoms with Gasteiger partial charge in [0, 0.05) is 19.2 Å². The minimum atomic E-state index is 0.534. The summed E-state index contributed by atoms with van der Waals surface area (Å²) in [4.78, 5) is 8.64. The third-order valence-corrected chi connectivity index (χ3v) is 3.71. The second-order valence-corrected chi connectivity index (χ2v) is 5.16.